The third kappa shape index (κ3) is 1.92. The van der Waals surface area contributed by atoms with E-state index >= 15 is 0 Å². The average molecular weight is 207 g/mol. The van der Waals surface area contributed by atoms with Gasteiger partial charge in [0.1, 0.15) is 5.67 Å². The van der Waals surface area contributed by atoms with Gasteiger partial charge >= 0.3 is 0 Å². The molecule has 1 aromatic rings. The minimum absolute atomic E-state index is 0.0130. The summed E-state index contributed by atoms with van der Waals surface area (Å²) >= 11 is 0. The third-order valence-electron chi connectivity index (χ3n) is 2.91. The van der Waals surface area contributed by atoms with E-state index in [-0.39, 0.29) is 5.78 Å². The number of nitrogens with one attached hydrogen (secondary N) is 1. The zero-order chi connectivity index (χ0) is 10.9. The zero-order valence-electron chi connectivity index (χ0n) is 8.72. The van der Waals surface area contributed by atoms with Crippen molar-refractivity contribution in [2.24, 2.45) is 0 Å². The number of ketones is 1. The van der Waals surface area contributed by atoms with Crippen LogP contribution in [0.15, 0.2) is 24.3 Å². The summed E-state index contributed by atoms with van der Waals surface area (Å²) in [5, 5.41) is 3.01. The summed E-state index contributed by atoms with van der Waals surface area (Å²) in [6.45, 7) is 2.59. The number of rotatable bonds is 2. The van der Waals surface area contributed by atoms with Crippen molar-refractivity contribution in [2.45, 2.75) is 19.0 Å². The van der Waals surface area contributed by atoms with Crippen LogP contribution in [-0.2, 0) is 5.67 Å². The number of benzene rings is 1. The van der Waals surface area contributed by atoms with Gasteiger partial charge in [-0.15, -0.1) is 0 Å². The van der Waals surface area contributed by atoms with Gasteiger partial charge in [-0.1, -0.05) is 24.3 Å². The van der Waals surface area contributed by atoms with Crippen LogP contribution < -0.4 is 5.32 Å². The van der Waals surface area contributed by atoms with Crippen LogP contribution in [0.4, 0.5) is 4.39 Å². The average Bonchev–Trinajstić information content (AvgIpc) is 2.67. The van der Waals surface area contributed by atoms with E-state index in [9.17, 15) is 9.18 Å². The van der Waals surface area contributed by atoms with Gasteiger partial charge in [-0.25, -0.2) is 4.39 Å². The number of hydrogen-bond acceptors (Lipinski definition) is 2. The summed E-state index contributed by atoms with van der Waals surface area (Å²) in [5.74, 6) is 0.0130. The van der Waals surface area contributed by atoms with E-state index in [4.69, 9.17) is 0 Å². The van der Waals surface area contributed by atoms with Crippen LogP contribution in [0, 0.1) is 0 Å². The lowest BCUT2D eigenvalue weighted by Gasteiger charge is -2.18. The number of hydrogen-bond donors (Lipinski definition) is 1. The Kier molecular flexibility index (Phi) is 2.57. The van der Waals surface area contributed by atoms with E-state index in [1.54, 1.807) is 24.3 Å². The van der Waals surface area contributed by atoms with Crippen LogP contribution in [0.2, 0.25) is 0 Å². The van der Waals surface area contributed by atoms with Gasteiger partial charge in [0.2, 0.25) is 0 Å². The maximum atomic E-state index is 14.2. The van der Waals surface area contributed by atoms with E-state index < -0.39 is 5.67 Å². The lowest BCUT2D eigenvalue weighted by atomic mass is 9.94. The van der Waals surface area contributed by atoms with Gasteiger partial charge in [0.15, 0.2) is 5.78 Å². The molecule has 3 heteroatoms. The monoisotopic (exact) mass is 207 g/mol. The fourth-order valence-electron chi connectivity index (χ4n) is 1.91. The fourth-order valence-corrected chi connectivity index (χ4v) is 1.91. The minimum atomic E-state index is -1.25. The molecular formula is C12H14FNO. The van der Waals surface area contributed by atoms with Crippen molar-refractivity contribution >= 4 is 5.78 Å². The number of halogens is 1. The number of alkyl halides is 1. The molecule has 1 fully saturated rings. The topological polar surface area (TPSA) is 29.1 Å². The van der Waals surface area contributed by atoms with Gasteiger partial charge in [0, 0.05) is 12.1 Å². The molecule has 15 heavy (non-hydrogen) atoms. The molecule has 2 nitrogen and oxygen atoms in total. The molecule has 1 aliphatic heterocycles. The fraction of sp³-hybridized carbons (Fsp3) is 0.417. The highest BCUT2D eigenvalue weighted by molar-refractivity contribution is 5.94. The van der Waals surface area contributed by atoms with Gasteiger partial charge in [-0.3, -0.25) is 4.79 Å². The summed E-state index contributed by atoms with van der Waals surface area (Å²) in [7, 11) is 0. The molecule has 80 valence electrons. The third-order valence-corrected chi connectivity index (χ3v) is 2.91. The Morgan fingerprint density at radius 2 is 2.07 bits per heavy atom. The molecule has 1 unspecified atom stereocenters. The smallest absolute Gasteiger partial charge is 0.159 e. The van der Waals surface area contributed by atoms with E-state index in [0.29, 0.717) is 30.6 Å². The van der Waals surface area contributed by atoms with Gasteiger partial charge < -0.3 is 5.32 Å². The van der Waals surface area contributed by atoms with Crippen LogP contribution in [-0.4, -0.2) is 18.9 Å². The highest BCUT2D eigenvalue weighted by Gasteiger charge is 2.35. The molecule has 0 spiro atoms. The number of carbonyl (C=O) groups excluding carboxylic acids is 1. The Balaban J connectivity index is 2.26. The van der Waals surface area contributed by atoms with Gasteiger partial charge in [0.25, 0.3) is 0 Å². The molecule has 1 aliphatic rings. The highest BCUT2D eigenvalue weighted by Crippen LogP contribution is 2.32. The van der Waals surface area contributed by atoms with Gasteiger partial charge in [-0.05, 0) is 25.5 Å². The van der Waals surface area contributed by atoms with Crippen LogP contribution in [0.3, 0.4) is 0 Å². The quantitative estimate of drug-likeness (QED) is 0.752. The Morgan fingerprint density at radius 3 is 2.53 bits per heavy atom. The zero-order valence-corrected chi connectivity index (χ0v) is 8.72. The molecule has 1 saturated heterocycles. The molecule has 0 bridgehead atoms. The summed E-state index contributed by atoms with van der Waals surface area (Å²) < 4.78 is 14.2. The molecule has 0 aromatic heterocycles. The van der Waals surface area contributed by atoms with Crippen molar-refractivity contribution < 1.29 is 9.18 Å². The molecule has 2 rings (SSSR count). The van der Waals surface area contributed by atoms with Gasteiger partial charge in [0.05, 0.1) is 0 Å². The molecule has 1 atom stereocenters. The second kappa shape index (κ2) is 3.74. The van der Waals surface area contributed by atoms with Crippen molar-refractivity contribution in [3.05, 3.63) is 35.4 Å². The summed E-state index contributed by atoms with van der Waals surface area (Å²) in [6, 6.07) is 6.81. The first-order valence-electron chi connectivity index (χ1n) is 5.13. The summed E-state index contributed by atoms with van der Waals surface area (Å²) in [6.07, 6.45) is 0.506. The first-order valence-corrected chi connectivity index (χ1v) is 5.13. The van der Waals surface area contributed by atoms with Crippen molar-refractivity contribution in [3.8, 4) is 0 Å². The lowest BCUT2D eigenvalue weighted by Crippen LogP contribution is -2.23. The first-order chi connectivity index (χ1) is 7.12. The normalized spacial score (nSPS) is 25.5. The maximum Gasteiger partial charge on any atom is 0.159 e. The Bertz CT molecular complexity index is 366. The van der Waals surface area contributed by atoms with E-state index in [0.717, 1.165) is 0 Å². The molecule has 0 aliphatic carbocycles. The molecule has 1 heterocycles. The summed E-state index contributed by atoms with van der Waals surface area (Å²) in [4.78, 5) is 11.1. The largest absolute Gasteiger partial charge is 0.313 e. The maximum absolute atomic E-state index is 14.2. The highest BCUT2D eigenvalue weighted by atomic mass is 19.1. The molecule has 1 N–H and O–H groups in total. The predicted octanol–water partition coefficient (Wildman–Crippen LogP) is 2.05. The Labute approximate surface area is 88.5 Å². The van der Waals surface area contributed by atoms with Crippen molar-refractivity contribution in [2.75, 3.05) is 13.1 Å². The Morgan fingerprint density at radius 1 is 1.40 bits per heavy atom. The minimum Gasteiger partial charge on any atom is -0.313 e. The SMILES string of the molecule is CC(=O)c1ccc(C2(F)CCNC2)cc1. The molecule has 0 radical (unpaired) electrons. The van der Waals surface area contributed by atoms with Crippen LogP contribution in [0.25, 0.3) is 0 Å². The van der Waals surface area contributed by atoms with E-state index in [1.165, 1.54) is 6.92 Å². The Hall–Kier alpha value is -1.22. The second-order valence-electron chi connectivity index (χ2n) is 4.03. The van der Waals surface area contributed by atoms with Crippen LogP contribution in [0.1, 0.15) is 29.3 Å². The molecule has 1 aromatic carbocycles. The van der Waals surface area contributed by atoms with E-state index in [1.807, 2.05) is 0 Å². The molecule has 0 saturated carbocycles. The van der Waals surface area contributed by atoms with E-state index in [2.05, 4.69) is 5.32 Å². The summed E-state index contributed by atoms with van der Waals surface area (Å²) in [5.41, 5.74) is 0.0424. The number of carbonyl (C=O) groups is 1. The van der Waals surface area contributed by atoms with Crippen molar-refractivity contribution in [1.29, 1.82) is 0 Å². The second-order valence-corrected chi connectivity index (χ2v) is 4.03. The van der Waals surface area contributed by atoms with Crippen molar-refractivity contribution in [1.82, 2.24) is 5.32 Å². The standard InChI is InChI=1S/C12H14FNO/c1-9(15)10-2-4-11(5-3-10)12(13)6-7-14-8-12/h2-5,14H,6-8H2,1H3. The van der Waals surface area contributed by atoms with Crippen molar-refractivity contribution in [3.63, 3.8) is 0 Å². The molecule has 0 amide bonds. The lowest BCUT2D eigenvalue weighted by molar-refractivity contribution is 0.101. The van der Waals surface area contributed by atoms with Crippen LogP contribution >= 0.6 is 0 Å². The van der Waals surface area contributed by atoms with Gasteiger partial charge in [-0.2, -0.15) is 0 Å². The van der Waals surface area contributed by atoms with Crippen LogP contribution in [0.5, 0.6) is 0 Å². The predicted molar refractivity (Wildman–Crippen MR) is 56.7 cm³/mol. The number of Topliss-reactive ketones (excluding diaryl/α,β-unsaturated/α-hetero) is 1. The first kappa shape index (κ1) is 10.3. The molecular weight excluding hydrogens is 193 g/mol.